The van der Waals surface area contributed by atoms with Crippen LogP contribution < -0.4 is 26.2 Å². The number of hydrogen-bond acceptors (Lipinski definition) is 10. The molecule has 0 bridgehead atoms. The first-order chi connectivity index (χ1) is 23.5. The summed E-state index contributed by atoms with van der Waals surface area (Å²) in [5.41, 5.74) is 1.71. The maximum atomic E-state index is 13.6. The Hall–Kier alpha value is -6.00. The van der Waals surface area contributed by atoms with E-state index in [0.717, 1.165) is 4.90 Å². The van der Waals surface area contributed by atoms with Crippen LogP contribution in [0.1, 0.15) is 43.6 Å². The van der Waals surface area contributed by atoms with Crippen molar-refractivity contribution in [2.24, 2.45) is 5.92 Å². The average Bonchev–Trinajstić information content (AvgIpc) is 3.75. The van der Waals surface area contributed by atoms with Crippen LogP contribution in [0.5, 0.6) is 0 Å². The van der Waals surface area contributed by atoms with Crippen LogP contribution in [0.4, 0.5) is 5.69 Å². The van der Waals surface area contributed by atoms with Crippen molar-refractivity contribution in [2.45, 2.75) is 64.2 Å². The van der Waals surface area contributed by atoms with Crippen molar-refractivity contribution in [1.29, 1.82) is 0 Å². The van der Waals surface area contributed by atoms with Crippen LogP contribution in [0.2, 0.25) is 0 Å². The van der Waals surface area contributed by atoms with Crippen LogP contribution in [0, 0.1) is 5.92 Å². The number of Topliss-reactive ketones (excluding diaryl/α,β-unsaturated/α-hetero) is 1. The molecule has 5 amide bonds. The summed E-state index contributed by atoms with van der Waals surface area (Å²) in [6, 6.07) is 11.5. The summed E-state index contributed by atoms with van der Waals surface area (Å²) in [6.07, 6.45) is -0.548. The molecule has 17 nitrogen and oxygen atoms in total. The minimum atomic E-state index is -1.71. The molecule has 1 aliphatic rings. The third kappa shape index (κ3) is 9.52. The molecule has 1 aromatic heterocycles. The number of para-hydroxylation sites is 1. The number of amides is 5. The van der Waals surface area contributed by atoms with Crippen LogP contribution in [-0.2, 0) is 52.9 Å². The van der Waals surface area contributed by atoms with Gasteiger partial charge in [0.05, 0.1) is 19.4 Å². The van der Waals surface area contributed by atoms with Gasteiger partial charge < -0.3 is 26.4 Å². The molecule has 258 valence electrons. The Morgan fingerprint density at radius 1 is 0.980 bits per heavy atom. The van der Waals surface area contributed by atoms with Crippen molar-refractivity contribution >= 4 is 47.0 Å². The fraction of sp³-hybridized carbons (Fsp3) is 0.375. The number of aromatic amines is 1. The van der Waals surface area contributed by atoms with E-state index >= 15 is 0 Å². The number of H-pyrrole nitrogens is 1. The number of fused-ring (bicyclic) bond motifs is 1. The number of carbonyl (C=O) groups is 7. The normalized spacial score (nSPS) is 15.2. The van der Waals surface area contributed by atoms with Gasteiger partial charge in [-0.15, -0.1) is 10.2 Å². The third-order valence-electron chi connectivity index (χ3n) is 8.01. The molecule has 0 spiro atoms. The van der Waals surface area contributed by atoms with E-state index in [4.69, 9.17) is 0 Å². The molecule has 4 atom stereocenters. The molecule has 0 saturated heterocycles. The molecule has 0 unspecified atom stereocenters. The molecule has 17 heteroatoms. The molecule has 0 fully saturated rings. The number of carboxylic acids is 1. The summed E-state index contributed by atoms with van der Waals surface area (Å²) in [5, 5.41) is 32.5. The number of anilines is 1. The SMILES string of the molecule is CC[C@H](C)[C@H](NC(=O)Cc1nn[nH]n1)C(=O)NCC(=O)N1c2ccccc2C[C@H]1C(=O)N[C@@H](CC(=O)O)C(=O)C(=O)NCc1ccccc1. The van der Waals surface area contributed by atoms with E-state index in [0.29, 0.717) is 23.2 Å². The zero-order valence-electron chi connectivity index (χ0n) is 26.8. The number of aromatic nitrogens is 4. The van der Waals surface area contributed by atoms with E-state index in [1.165, 1.54) is 0 Å². The summed E-state index contributed by atoms with van der Waals surface area (Å²) in [4.78, 5) is 91.5. The van der Waals surface area contributed by atoms with Gasteiger partial charge in [-0.3, -0.25) is 38.5 Å². The molecule has 3 aromatic rings. The summed E-state index contributed by atoms with van der Waals surface area (Å²) in [5.74, 6) is -6.56. The Balaban J connectivity index is 1.44. The number of aliphatic carboxylic acids is 1. The lowest BCUT2D eigenvalue weighted by molar-refractivity contribution is -0.144. The number of tetrazole rings is 1. The lowest BCUT2D eigenvalue weighted by Crippen LogP contribution is -2.57. The maximum absolute atomic E-state index is 13.6. The second-order valence-electron chi connectivity index (χ2n) is 11.5. The van der Waals surface area contributed by atoms with E-state index in [-0.39, 0.29) is 31.1 Å². The Morgan fingerprint density at radius 2 is 1.69 bits per heavy atom. The fourth-order valence-corrected chi connectivity index (χ4v) is 5.26. The third-order valence-corrected chi connectivity index (χ3v) is 8.01. The Bertz CT molecular complexity index is 1680. The van der Waals surface area contributed by atoms with Crippen molar-refractivity contribution in [3.63, 3.8) is 0 Å². The van der Waals surface area contributed by atoms with Gasteiger partial charge in [0, 0.05) is 18.7 Å². The van der Waals surface area contributed by atoms with Crippen molar-refractivity contribution in [1.82, 2.24) is 41.9 Å². The van der Waals surface area contributed by atoms with Crippen LogP contribution in [0.15, 0.2) is 54.6 Å². The maximum Gasteiger partial charge on any atom is 0.305 e. The molecular formula is C32H37N9O8. The van der Waals surface area contributed by atoms with Crippen LogP contribution >= 0.6 is 0 Å². The summed E-state index contributed by atoms with van der Waals surface area (Å²) < 4.78 is 0. The first-order valence-electron chi connectivity index (χ1n) is 15.6. The number of benzene rings is 2. The topological polar surface area (TPSA) is 246 Å². The van der Waals surface area contributed by atoms with Gasteiger partial charge in [-0.25, -0.2) is 0 Å². The largest absolute Gasteiger partial charge is 0.481 e. The Morgan fingerprint density at radius 3 is 2.37 bits per heavy atom. The molecule has 49 heavy (non-hydrogen) atoms. The number of rotatable bonds is 16. The molecule has 2 heterocycles. The van der Waals surface area contributed by atoms with Crippen molar-refractivity contribution in [2.75, 3.05) is 11.4 Å². The van der Waals surface area contributed by atoms with Gasteiger partial charge in [-0.2, -0.15) is 5.21 Å². The molecule has 0 aliphatic carbocycles. The van der Waals surface area contributed by atoms with E-state index < -0.39 is 72.4 Å². The lowest BCUT2D eigenvalue weighted by Gasteiger charge is -2.27. The number of ketones is 1. The van der Waals surface area contributed by atoms with Gasteiger partial charge in [0.15, 0.2) is 5.82 Å². The summed E-state index contributed by atoms with van der Waals surface area (Å²) in [7, 11) is 0. The van der Waals surface area contributed by atoms with Gasteiger partial charge in [-0.05, 0) is 23.1 Å². The van der Waals surface area contributed by atoms with Gasteiger partial charge >= 0.3 is 5.97 Å². The van der Waals surface area contributed by atoms with E-state index in [1.54, 1.807) is 61.5 Å². The van der Waals surface area contributed by atoms with Gasteiger partial charge in [-0.1, -0.05) is 74.0 Å². The van der Waals surface area contributed by atoms with Crippen molar-refractivity contribution in [3.05, 3.63) is 71.5 Å². The fourth-order valence-electron chi connectivity index (χ4n) is 5.26. The van der Waals surface area contributed by atoms with Gasteiger partial charge in [0.1, 0.15) is 18.1 Å². The first kappa shape index (κ1) is 35.8. The van der Waals surface area contributed by atoms with Gasteiger partial charge in [0.25, 0.3) is 5.91 Å². The summed E-state index contributed by atoms with van der Waals surface area (Å²) in [6.45, 7) is 3.05. The minimum Gasteiger partial charge on any atom is -0.481 e. The number of carbonyl (C=O) groups excluding carboxylic acids is 6. The minimum absolute atomic E-state index is 0.00542. The quantitative estimate of drug-likeness (QED) is 0.103. The second kappa shape index (κ2) is 16.7. The average molecular weight is 676 g/mol. The molecular weight excluding hydrogens is 638 g/mol. The highest BCUT2D eigenvalue weighted by Crippen LogP contribution is 2.32. The van der Waals surface area contributed by atoms with Crippen molar-refractivity contribution < 1.29 is 38.7 Å². The van der Waals surface area contributed by atoms with E-state index in [2.05, 4.69) is 41.9 Å². The predicted octanol–water partition coefficient (Wildman–Crippen LogP) is -0.808. The van der Waals surface area contributed by atoms with Crippen molar-refractivity contribution in [3.8, 4) is 0 Å². The highest BCUT2D eigenvalue weighted by Gasteiger charge is 2.40. The Kier molecular flexibility index (Phi) is 12.2. The molecule has 1 aliphatic heterocycles. The number of nitrogens with one attached hydrogen (secondary N) is 5. The van der Waals surface area contributed by atoms with Crippen LogP contribution in [0.25, 0.3) is 0 Å². The number of carboxylic acid groups (broad SMARTS) is 1. The highest BCUT2D eigenvalue weighted by atomic mass is 16.4. The molecule has 2 aromatic carbocycles. The lowest BCUT2D eigenvalue weighted by atomic mass is 9.98. The Labute approximate surface area is 280 Å². The summed E-state index contributed by atoms with van der Waals surface area (Å²) >= 11 is 0. The molecule has 4 rings (SSSR count). The standard InChI is InChI=1S/C32H37N9O8/c1-3-18(2)28(36-25(42)15-24-37-39-40-38-24)31(48)34-17-26(43)41-22-12-8-7-11-20(22)13-23(41)30(47)35-21(14-27(44)45)29(46)32(49)33-16-19-9-5-4-6-10-19/h4-12,18,21,23,28H,3,13-17H2,1-2H3,(H,33,49)(H,34,48)(H,35,47)(H,36,42)(H,44,45)(H,37,38,39,40)/t18-,21-,23-,28-/m0/s1. The van der Waals surface area contributed by atoms with Crippen LogP contribution in [-0.4, -0.2) is 91.7 Å². The highest BCUT2D eigenvalue weighted by molar-refractivity contribution is 6.38. The van der Waals surface area contributed by atoms with E-state index in [9.17, 15) is 38.7 Å². The zero-order chi connectivity index (χ0) is 35.5. The van der Waals surface area contributed by atoms with Crippen LogP contribution in [0.3, 0.4) is 0 Å². The predicted molar refractivity (Wildman–Crippen MR) is 171 cm³/mol. The number of nitrogens with zero attached hydrogens (tertiary/aromatic N) is 4. The molecule has 0 radical (unpaired) electrons. The molecule has 0 saturated carbocycles. The number of hydrogen-bond donors (Lipinski definition) is 6. The van der Waals surface area contributed by atoms with E-state index in [1.807, 2.05) is 6.92 Å². The first-order valence-corrected chi connectivity index (χ1v) is 15.6. The van der Waals surface area contributed by atoms with Gasteiger partial charge in [0.2, 0.25) is 29.4 Å². The zero-order valence-corrected chi connectivity index (χ0v) is 26.8. The molecule has 6 N–H and O–H groups in total. The monoisotopic (exact) mass is 675 g/mol. The smallest absolute Gasteiger partial charge is 0.305 e. The second-order valence-corrected chi connectivity index (χ2v) is 11.5.